The van der Waals surface area contributed by atoms with E-state index in [0.717, 1.165) is 29.0 Å². The van der Waals surface area contributed by atoms with E-state index in [1.54, 1.807) is 14.2 Å². The number of carbonyl (C=O) groups excluding carboxylic acids is 1. The van der Waals surface area contributed by atoms with Crippen LogP contribution >= 0.6 is 0 Å². The van der Waals surface area contributed by atoms with E-state index in [9.17, 15) is 4.79 Å². The minimum absolute atomic E-state index is 0.113. The van der Waals surface area contributed by atoms with Crippen LogP contribution in [0.5, 0.6) is 11.5 Å². The van der Waals surface area contributed by atoms with Crippen LogP contribution in [-0.2, 0) is 13.1 Å². The molecule has 0 aliphatic carbocycles. The maximum atomic E-state index is 12.5. The fraction of sp³-hybridized carbons (Fsp3) is 0.318. The van der Waals surface area contributed by atoms with Gasteiger partial charge < -0.3 is 20.1 Å². The van der Waals surface area contributed by atoms with Crippen LogP contribution in [-0.4, -0.2) is 34.9 Å². The number of benzene rings is 2. The molecule has 0 atom stereocenters. The summed E-state index contributed by atoms with van der Waals surface area (Å²) in [6, 6.07) is 15.4. The zero-order valence-corrected chi connectivity index (χ0v) is 17.5. The molecular weight excluding hydrogens is 382 g/mol. The molecule has 0 saturated heterocycles. The molecule has 1 aromatic heterocycles. The van der Waals surface area contributed by atoms with Crippen LogP contribution in [0.3, 0.4) is 0 Å². The van der Waals surface area contributed by atoms with Gasteiger partial charge in [-0.3, -0.25) is 4.79 Å². The predicted octanol–water partition coefficient (Wildman–Crippen LogP) is 3.96. The molecule has 8 nitrogen and oxygen atoms in total. The summed E-state index contributed by atoms with van der Waals surface area (Å²) in [4.78, 5) is 17.0. The van der Waals surface area contributed by atoms with Gasteiger partial charge in [-0.25, -0.2) is 0 Å². The molecule has 1 heterocycles. The van der Waals surface area contributed by atoms with Crippen LogP contribution in [0.1, 0.15) is 35.7 Å². The average Bonchev–Trinajstić information content (AvgIpc) is 3.20. The molecule has 0 aliphatic rings. The molecule has 0 aliphatic heterocycles. The quantitative estimate of drug-likeness (QED) is 0.524. The zero-order valence-electron chi connectivity index (χ0n) is 17.5. The summed E-state index contributed by atoms with van der Waals surface area (Å²) in [7, 11) is 3.26. The number of nitrogens with one attached hydrogen (secondary N) is 2. The highest BCUT2D eigenvalue weighted by atomic mass is 16.5. The fourth-order valence-corrected chi connectivity index (χ4v) is 3.04. The molecule has 0 unspecified atom stereocenters. The summed E-state index contributed by atoms with van der Waals surface area (Å²) < 4.78 is 12.1. The van der Waals surface area contributed by atoms with Crippen LogP contribution in [0.4, 0.5) is 11.9 Å². The first kappa shape index (κ1) is 21.2. The zero-order chi connectivity index (χ0) is 21.3. The van der Waals surface area contributed by atoms with Crippen molar-refractivity contribution in [2.45, 2.75) is 32.9 Å². The lowest BCUT2D eigenvalue weighted by molar-refractivity contribution is 0.0888. The van der Waals surface area contributed by atoms with Crippen molar-refractivity contribution in [3.8, 4) is 11.5 Å². The molecule has 0 radical (unpaired) electrons. The lowest BCUT2D eigenvalue weighted by Crippen LogP contribution is -2.16. The van der Waals surface area contributed by atoms with Crippen LogP contribution in [0.15, 0.2) is 48.5 Å². The van der Waals surface area contributed by atoms with E-state index in [1.165, 1.54) is 4.68 Å². The van der Waals surface area contributed by atoms with Gasteiger partial charge in [0.2, 0.25) is 17.8 Å². The Kier molecular flexibility index (Phi) is 7.26. The van der Waals surface area contributed by atoms with Gasteiger partial charge in [0.1, 0.15) is 11.5 Å². The SMILES string of the molecule is CCCC(=O)n1nc(NCc2ccccc2OC)nc1NCc1ccccc1OC. The van der Waals surface area contributed by atoms with Gasteiger partial charge in [0, 0.05) is 30.6 Å². The summed E-state index contributed by atoms with van der Waals surface area (Å²) in [6.45, 7) is 2.88. The minimum atomic E-state index is -0.113. The van der Waals surface area contributed by atoms with Crippen LogP contribution in [0.2, 0.25) is 0 Å². The Morgan fingerprint density at radius 2 is 1.50 bits per heavy atom. The van der Waals surface area contributed by atoms with Gasteiger partial charge >= 0.3 is 0 Å². The van der Waals surface area contributed by atoms with Gasteiger partial charge in [0.25, 0.3) is 0 Å². The van der Waals surface area contributed by atoms with E-state index in [4.69, 9.17) is 9.47 Å². The van der Waals surface area contributed by atoms with Crippen LogP contribution < -0.4 is 20.1 Å². The Morgan fingerprint density at radius 1 is 0.933 bits per heavy atom. The molecule has 0 bridgehead atoms. The van der Waals surface area contributed by atoms with Crippen molar-refractivity contribution < 1.29 is 14.3 Å². The van der Waals surface area contributed by atoms with Crippen molar-refractivity contribution in [3.63, 3.8) is 0 Å². The van der Waals surface area contributed by atoms with Gasteiger partial charge in [0.05, 0.1) is 14.2 Å². The van der Waals surface area contributed by atoms with E-state index in [0.29, 0.717) is 31.4 Å². The Balaban J connectivity index is 1.77. The summed E-state index contributed by atoms with van der Waals surface area (Å²) >= 11 is 0. The fourth-order valence-electron chi connectivity index (χ4n) is 3.04. The topological polar surface area (TPSA) is 90.3 Å². The molecule has 0 saturated carbocycles. The van der Waals surface area contributed by atoms with Gasteiger partial charge in [-0.15, -0.1) is 5.10 Å². The average molecular weight is 409 g/mol. The van der Waals surface area contributed by atoms with Crippen molar-refractivity contribution in [1.29, 1.82) is 0 Å². The van der Waals surface area contributed by atoms with Crippen molar-refractivity contribution >= 4 is 17.8 Å². The van der Waals surface area contributed by atoms with Gasteiger partial charge in [0.15, 0.2) is 0 Å². The van der Waals surface area contributed by atoms with Crippen molar-refractivity contribution in [2.24, 2.45) is 0 Å². The summed E-state index contributed by atoms with van der Waals surface area (Å²) in [5.74, 6) is 2.19. The number of nitrogens with zero attached hydrogens (tertiary/aromatic N) is 3. The number of rotatable bonds is 10. The number of hydrogen-bond donors (Lipinski definition) is 2. The van der Waals surface area contributed by atoms with E-state index in [-0.39, 0.29) is 5.91 Å². The molecule has 2 N–H and O–H groups in total. The number of aromatic nitrogens is 3. The highest BCUT2D eigenvalue weighted by molar-refractivity contribution is 5.81. The van der Waals surface area contributed by atoms with Crippen LogP contribution in [0.25, 0.3) is 0 Å². The molecule has 8 heteroatoms. The maximum absolute atomic E-state index is 12.5. The molecule has 3 rings (SSSR count). The molecule has 30 heavy (non-hydrogen) atoms. The molecule has 0 amide bonds. The lowest BCUT2D eigenvalue weighted by Gasteiger charge is -2.10. The third kappa shape index (κ3) is 5.08. The van der Waals surface area contributed by atoms with Crippen molar-refractivity contribution in [1.82, 2.24) is 14.8 Å². The first-order chi connectivity index (χ1) is 14.7. The van der Waals surface area contributed by atoms with Crippen molar-refractivity contribution in [2.75, 3.05) is 24.9 Å². The maximum Gasteiger partial charge on any atom is 0.250 e. The number of ether oxygens (including phenoxy) is 2. The summed E-state index contributed by atoms with van der Waals surface area (Å²) in [5, 5.41) is 10.7. The third-order valence-electron chi connectivity index (χ3n) is 4.57. The van der Waals surface area contributed by atoms with Crippen LogP contribution in [0, 0.1) is 0 Å². The van der Waals surface area contributed by atoms with Gasteiger partial charge in [-0.05, 0) is 18.6 Å². The van der Waals surface area contributed by atoms with Gasteiger partial charge in [-0.1, -0.05) is 43.3 Å². The normalized spacial score (nSPS) is 10.5. The lowest BCUT2D eigenvalue weighted by atomic mass is 10.2. The highest BCUT2D eigenvalue weighted by Crippen LogP contribution is 2.21. The number of para-hydroxylation sites is 2. The Bertz CT molecular complexity index is 986. The molecule has 0 fully saturated rings. The first-order valence-electron chi connectivity index (χ1n) is 9.88. The van der Waals surface area contributed by atoms with Crippen molar-refractivity contribution in [3.05, 3.63) is 59.7 Å². The number of carbonyl (C=O) groups is 1. The Hall–Kier alpha value is -3.55. The molecule has 158 valence electrons. The second kappa shape index (κ2) is 10.3. The second-order valence-corrected chi connectivity index (χ2v) is 6.65. The van der Waals surface area contributed by atoms with E-state index >= 15 is 0 Å². The van der Waals surface area contributed by atoms with E-state index < -0.39 is 0 Å². The molecular formula is C22H27N5O3. The van der Waals surface area contributed by atoms with E-state index in [1.807, 2.05) is 55.5 Å². The molecule has 3 aromatic rings. The summed E-state index contributed by atoms with van der Waals surface area (Å²) in [5.41, 5.74) is 1.93. The van der Waals surface area contributed by atoms with E-state index in [2.05, 4.69) is 20.7 Å². The Morgan fingerprint density at radius 3 is 2.07 bits per heavy atom. The van der Waals surface area contributed by atoms with Gasteiger partial charge in [-0.2, -0.15) is 9.67 Å². The largest absolute Gasteiger partial charge is 0.496 e. The minimum Gasteiger partial charge on any atom is -0.496 e. The first-order valence-corrected chi connectivity index (χ1v) is 9.88. The summed E-state index contributed by atoms with van der Waals surface area (Å²) in [6.07, 6.45) is 1.12. The second-order valence-electron chi connectivity index (χ2n) is 6.65. The third-order valence-corrected chi connectivity index (χ3v) is 4.57. The number of methoxy groups -OCH3 is 2. The smallest absolute Gasteiger partial charge is 0.250 e. The molecule has 0 spiro atoms. The predicted molar refractivity (Wildman–Crippen MR) is 116 cm³/mol. The monoisotopic (exact) mass is 409 g/mol. The Labute approximate surface area is 176 Å². The molecule has 2 aromatic carbocycles. The highest BCUT2D eigenvalue weighted by Gasteiger charge is 2.16. The number of anilines is 2. The standard InChI is InChI=1S/C22H27N5O3/c1-4-9-20(28)27-22(24-15-17-11-6-8-13-19(17)30-3)25-21(26-27)23-14-16-10-5-7-12-18(16)29-2/h5-8,10-13H,4,9,14-15H2,1-3H3,(H2,23,24,25,26). The number of hydrogen-bond acceptors (Lipinski definition) is 7.